The van der Waals surface area contributed by atoms with Crippen LogP contribution in [0.5, 0.6) is 0 Å². The van der Waals surface area contributed by atoms with Crippen LogP contribution in [0.2, 0.25) is 0 Å². The molecule has 4 aliphatic rings. The van der Waals surface area contributed by atoms with Gasteiger partial charge in [-0.3, -0.25) is 0 Å². The van der Waals surface area contributed by atoms with Crippen LogP contribution in [-0.4, -0.2) is 0 Å². The van der Waals surface area contributed by atoms with Crippen molar-refractivity contribution in [3.05, 3.63) is 29.3 Å². The highest BCUT2D eigenvalue weighted by molar-refractivity contribution is 5.48. The summed E-state index contributed by atoms with van der Waals surface area (Å²) in [6.07, 6.45) is 7.28. The van der Waals surface area contributed by atoms with Crippen LogP contribution in [0, 0.1) is 11.8 Å². The van der Waals surface area contributed by atoms with Gasteiger partial charge in [0.1, 0.15) is 0 Å². The van der Waals surface area contributed by atoms with Crippen molar-refractivity contribution in [3.63, 3.8) is 0 Å². The van der Waals surface area contributed by atoms with E-state index in [1.54, 1.807) is 11.1 Å². The molecular formula is C15H19N. The van der Waals surface area contributed by atoms with Gasteiger partial charge in [-0.1, -0.05) is 6.07 Å². The summed E-state index contributed by atoms with van der Waals surface area (Å²) in [5, 5.41) is 0. The van der Waals surface area contributed by atoms with Crippen LogP contribution in [0.15, 0.2) is 18.2 Å². The molecule has 0 aromatic heterocycles. The molecule has 2 fully saturated rings. The minimum Gasteiger partial charge on any atom is -0.399 e. The summed E-state index contributed by atoms with van der Waals surface area (Å²) in [5.74, 6) is 3.70. The van der Waals surface area contributed by atoms with Crippen LogP contribution in [0.25, 0.3) is 0 Å². The number of anilines is 1. The van der Waals surface area contributed by atoms with Gasteiger partial charge >= 0.3 is 0 Å². The van der Waals surface area contributed by atoms with E-state index >= 15 is 0 Å². The predicted octanol–water partition coefficient (Wildman–Crippen LogP) is 3.66. The first-order valence-electron chi connectivity index (χ1n) is 6.69. The summed E-state index contributed by atoms with van der Waals surface area (Å²) in [6.45, 7) is 0. The topological polar surface area (TPSA) is 26.0 Å². The van der Waals surface area contributed by atoms with E-state index in [9.17, 15) is 0 Å². The molecule has 0 saturated heterocycles. The Kier molecular flexibility index (Phi) is 1.72. The summed E-state index contributed by atoms with van der Waals surface area (Å²) in [7, 11) is 0. The predicted molar refractivity (Wildman–Crippen MR) is 66.4 cm³/mol. The number of hydrogen-bond donors (Lipinski definition) is 1. The molecule has 4 bridgehead atoms. The van der Waals surface area contributed by atoms with Gasteiger partial charge in [0.15, 0.2) is 0 Å². The van der Waals surface area contributed by atoms with Crippen LogP contribution in [0.3, 0.4) is 0 Å². The molecule has 0 heterocycles. The van der Waals surface area contributed by atoms with Crippen LogP contribution < -0.4 is 5.73 Å². The molecule has 0 aliphatic heterocycles. The maximum Gasteiger partial charge on any atom is 0.0317 e. The van der Waals surface area contributed by atoms with E-state index < -0.39 is 0 Å². The van der Waals surface area contributed by atoms with Crippen molar-refractivity contribution in [1.29, 1.82) is 0 Å². The van der Waals surface area contributed by atoms with Crippen molar-refractivity contribution in [2.24, 2.45) is 11.8 Å². The zero-order chi connectivity index (χ0) is 10.7. The van der Waals surface area contributed by atoms with Gasteiger partial charge in [0, 0.05) is 5.69 Å². The smallest absolute Gasteiger partial charge is 0.0317 e. The van der Waals surface area contributed by atoms with Gasteiger partial charge in [-0.2, -0.15) is 0 Å². The molecule has 1 nitrogen and oxygen atoms in total. The van der Waals surface area contributed by atoms with Crippen molar-refractivity contribution in [2.75, 3.05) is 5.73 Å². The Labute approximate surface area is 97.0 Å². The normalized spacial score (nSPS) is 39.5. The largest absolute Gasteiger partial charge is 0.399 e. The summed E-state index contributed by atoms with van der Waals surface area (Å²) < 4.78 is 0. The van der Waals surface area contributed by atoms with Crippen LogP contribution in [0.1, 0.15) is 55.1 Å². The Morgan fingerprint density at radius 2 is 1.44 bits per heavy atom. The summed E-state index contributed by atoms with van der Waals surface area (Å²) >= 11 is 0. The van der Waals surface area contributed by atoms with Crippen LogP contribution in [-0.2, 0) is 0 Å². The first-order chi connectivity index (χ1) is 7.79. The van der Waals surface area contributed by atoms with Crippen molar-refractivity contribution >= 4 is 5.69 Å². The highest BCUT2D eigenvalue weighted by Gasteiger charge is 2.41. The molecule has 2 unspecified atom stereocenters. The summed E-state index contributed by atoms with van der Waals surface area (Å²) in [4.78, 5) is 0. The zero-order valence-electron chi connectivity index (χ0n) is 9.65. The Balaban J connectivity index is 1.90. The maximum absolute atomic E-state index is 5.96. The van der Waals surface area contributed by atoms with Gasteiger partial charge in [-0.15, -0.1) is 0 Å². The van der Waals surface area contributed by atoms with E-state index in [1.807, 2.05) is 0 Å². The lowest BCUT2D eigenvalue weighted by atomic mass is 9.67. The van der Waals surface area contributed by atoms with Crippen LogP contribution >= 0.6 is 0 Å². The lowest BCUT2D eigenvalue weighted by molar-refractivity contribution is 0.166. The summed E-state index contributed by atoms with van der Waals surface area (Å²) in [5.41, 5.74) is 10.2. The third kappa shape index (κ3) is 1.17. The van der Waals surface area contributed by atoms with Gasteiger partial charge in [0.2, 0.25) is 0 Å². The van der Waals surface area contributed by atoms with Crippen molar-refractivity contribution in [1.82, 2.24) is 0 Å². The first-order valence-corrected chi connectivity index (χ1v) is 6.69. The average Bonchev–Trinajstić information content (AvgIpc) is 2.41. The Morgan fingerprint density at radius 3 is 2.12 bits per heavy atom. The molecule has 5 rings (SSSR count). The zero-order valence-corrected chi connectivity index (χ0v) is 9.65. The highest BCUT2D eigenvalue weighted by atomic mass is 14.6. The van der Waals surface area contributed by atoms with E-state index in [1.165, 1.54) is 32.1 Å². The third-order valence-electron chi connectivity index (χ3n) is 5.13. The molecule has 1 aromatic carbocycles. The maximum atomic E-state index is 5.96. The van der Waals surface area contributed by atoms with Crippen LogP contribution in [0.4, 0.5) is 5.69 Å². The lowest BCUT2D eigenvalue weighted by Crippen LogP contribution is -2.25. The van der Waals surface area contributed by atoms with E-state index in [-0.39, 0.29) is 0 Å². The number of hydrogen-bond acceptors (Lipinski definition) is 1. The number of rotatable bonds is 0. The molecule has 2 N–H and O–H groups in total. The van der Waals surface area contributed by atoms with Crippen molar-refractivity contribution in [2.45, 2.75) is 43.9 Å². The van der Waals surface area contributed by atoms with Gasteiger partial charge in [0.25, 0.3) is 0 Å². The lowest BCUT2D eigenvalue weighted by Gasteiger charge is -2.38. The van der Waals surface area contributed by atoms with Gasteiger partial charge in [-0.25, -0.2) is 0 Å². The minimum atomic E-state index is 0.828. The number of nitrogens with two attached hydrogens (primary N) is 1. The Hall–Kier alpha value is -0.980. The van der Waals surface area contributed by atoms with Gasteiger partial charge in [-0.05, 0) is 79.0 Å². The molecule has 2 atom stereocenters. The molecule has 4 aliphatic carbocycles. The monoisotopic (exact) mass is 213 g/mol. The minimum absolute atomic E-state index is 0.828. The van der Waals surface area contributed by atoms with Crippen molar-refractivity contribution < 1.29 is 0 Å². The second-order valence-corrected chi connectivity index (χ2v) is 6.19. The average molecular weight is 213 g/mol. The second-order valence-electron chi connectivity index (χ2n) is 6.19. The standard InChI is InChI=1S/C15H19N/c16-13-1-2-14-11-4-9-3-10(5-11)7-12(6-9)15(14)8-13/h1-2,8-12H,3-7,16H2. The second kappa shape index (κ2) is 3.03. The molecule has 1 heteroatoms. The SMILES string of the molecule is Nc1ccc2c(c1)C1CC3CC(CC2C3)C1. The van der Waals surface area contributed by atoms with E-state index in [0.29, 0.717) is 0 Å². The molecule has 0 spiro atoms. The Bertz CT molecular complexity index is 423. The van der Waals surface area contributed by atoms with Gasteiger partial charge in [0.05, 0.1) is 0 Å². The van der Waals surface area contributed by atoms with Gasteiger partial charge < -0.3 is 5.73 Å². The summed E-state index contributed by atoms with van der Waals surface area (Å²) in [6, 6.07) is 6.69. The molecule has 0 amide bonds. The fourth-order valence-corrected chi connectivity index (χ4v) is 4.68. The Morgan fingerprint density at radius 1 is 0.812 bits per heavy atom. The molecule has 1 aromatic rings. The fourth-order valence-electron chi connectivity index (χ4n) is 4.68. The molecule has 2 saturated carbocycles. The molecule has 84 valence electrons. The third-order valence-corrected chi connectivity index (χ3v) is 5.13. The van der Waals surface area contributed by atoms with Crippen molar-refractivity contribution in [3.8, 4) is 0 Å². The first kappa shape index (κ1) is 9.09. The number of nitrogen functional groups attached to an aromatic ring is 1. The van der Waals surface area contributed by atoms with E-state index in [4.69, 9.17) is 5.73 Å². The van der Waals surface area contributed by atoms with E-state index in [0.717, 1.165) is 29.4 Å². The molecular weight excluding hydrogens is 194 g/mol. The van der Waals surface area contributed by atoms with E-state index in [2.05, 4.69) is 18.2 Å². The number of benzene rings is 1. The molecule has 0 radical (unpaired) electrons. The molecule has 16 heavy (non-hydrogen) atoms. The highest BCUT2D eigenvalue weighted by Crippen LogP contribution is 2.56. The fraction of sp³-hybridized carbons (Fsp3) is 0.600. The quantitative estimate of drug-likeness (QED) is 0.654.